The van der Waals surface area contributed by atoms with E-state index in [2.05, 4.69) is 10.1 Å². The van der Waals surface area contributed by atoms with Crippen molar-refractivity contribution in [3.05, 3.63) is 59.2 Å². The largest absolute Gasteiger partial charge is 0.490 e. The van der Waals surface area contributed by atoms with Gasteiger partial charge in [-0.3, -0.25) is 19.7 Å². The molecule has 0 saturated carbocycles. The Bertz CT molecular complexity index is 1190. The number of imide groups is 2. The van der Waals surface area contributed by atoms with Gasteiger partial charge in [-0.15, -0.1) is 0 Å². The molecule has 0 aromatic heterocycles. The number of rotatable bonds is 8. The molecule has 1 aliphatic heterocycles. The summed E-state index contributed by atoms with van der Waals surface area (Å²) in [7, 11) is 1.23. The highest BCUT2D eigenvalue weighted by atomic mass is 16.5. The molecular weight excluding hydrogens is 446 g/mol. The van der Waals surface area contributed by atoms with Gasteiger partial charge in [-0.05, 0) is 55.0 Å². The molecule has 2 aromatic rings. The first-order chi connectivity index (χ1) is 16.2. The molecule has 1 saturated heterocycles. The number of carbonyl (C=O) groups excluding carboxylic acids is 5. The predicted molar refractivity (Wildman–Crippen MR) is 119 cm³/mol. The maximum absolute atomic E-state index is 13.1. The van der Waals surface area contributed by atoms with Crippen molar-refractivity contribution in [2.24, 2.45) is 5.73 Å². The zero-order valence-electron chi connectivity index (χ0n) is 18.3. The fourth-order valence-electron chi connectivity index (χ4n) is 3.07. The Balaban J connectivity index is 1.93. The molecule has 0 spiro atoms. The lowest BCUT2D eigenvalue weighted by Gasteiger charge is -2.26. The van der Waals surface area contributed by atoms with Crippen LogP contribution in [-0.2, 0) is 19.1 Å². The third kappa shape index (κ3) is 5.21. The molecule has 5 amide bonds. The van der Waals surface area contributed by atoms with Crippen LogP contribution in [0.15, 0.2) is 48.0 Å². The van der Waals surface area contributed by atoms with E-state index in [0.717, 1.165) is 4.90 Å². The van der Waals surface area contributed by atoms with Gasteiger partial charge in [0.05, 0.1) is 25.0 Å². The van der Waals surface area contributed by atoms with Crippen molar-refractivity contribution in [1.29, 1.82) is 0 Å². The highest BCUT2D eigenvalue weighted by molar-refractivity contribution is 6.39. The van der Waals surface area contributed by atoms with Gasteiger partial charge < -0.3 is 19.9 Å². The third-order valence-electron chi connectivity index (χ3n) is 4.60. The van der Waals surface area contributed by atoms with Gasteiger partial charge in [-0.25, -0.2) is 14.5 Å². The highest BCUT2D eigenvalue weighted by Gasteiger charge is 2.36. The minimum atomic E-state index is -0.928. The summed E-state index contributed by atoms with van der Waals surface area (Å²) in [6.45, 7) is 1.68. The first-order valence-electron chi connectivity index (χ1n) is 10.0. The summed E-state index contributed by atoms with van der Waals surface area (Å²) < 4.78 is 15.4. The zero-order valence-corrected chi connectivity index (χ0v) is 18.3. The monoisotopic (exact) mass is 467 g/mol. The SMILES string of the molecule is CCOc1cc(/C=C2\C(=O)NC(=O)N(c3ccc(C(=O)OC)cc3)C2=O)ccc1OCC(N)=O. The average Bonchev–Trinajstić information content (AvgIpc) is 2.81. The molecule has 0 atom stereocenters. The van der Waals surface area contributed by atoms with Crippen molar-refractivity contribution in [3.63, 3.8) is 0 Å². The number of nitrogens with zero attached hydrogens (tertiary/aromatic N) is 1. The normalized spacial score (nSPS) is 14.6. The molecule has 3 N–H and O–H groups in total. The van der Waals surface area contributed by atoms with Crippen molar-refractivity contribution in [2.45, 2.75) is 6.92 Å². The van der Waals surface area contributed by atoms with E-state index in [9.17, 15) is 24.0 Å². The van der Waals surface area contributed by atoms with E-state index in [1.807, 2.05) is 0 Å². The van der Waals surface area contributed by atoms with Crippen molar-refractivity contribution in [1.82, 2.24) is 5.32 Å². The number of esters is 1. The van der Waals surface area contributed by atoms with Crippen LogP contribution < -0.4 is 25.4 Å². The average molecular weight is 467 g/mol. The molecule has 176 valence electrons. The first-order valence-corrected chi connectivity index (χ1v) is 10.0. The second-order valence-electron chi connectivity index (χ2n) is 6.89. The van der Waals surface area contributed by atoms with Crippen LogP contribution in [0.1, 0.15) is 22.8 Å². The molecule has 0 aliphatic carbocycles. The Labute approximate surface area is 194 Å². The molecular formula is C23H21N3O8. The number of hydrogen-bond acceptors (Lipinski definition) is 8. The van der Waals surface area contributed by atoms with E-state index >= 15 is 0 Å². The number of primary amides is 1. The van der Waals surface area contributed by atoms with Crippen molar-refractivity contribution in [3.8, 4) is 11.5 Å². The van der Waals surface area contributed by atoms with Gasteiger partial charge in [-0.2, -0.15) is 0 Å². The topological polar surface area (TPSA) is 154 Å². The quantitative estimate of drug-likeness (QED) is 0.335. The molecule has 1 fully saturated rings. The second-order valence-corrected chi connectivity index (χ2v) is 6.89. The summed E-state index contributed by atoms with van der Waals surface area (Å²) in [5, 5.41) is 2.12. The maximum atomic E-state index is 13.1. The van der Waals surface area contributed by atoms with E-state index in [1.165, 1.54) is 49.6 Å². The number of urea groups is 1. The van der Waals surface area contributed by atoms with Gasteiger partial charge >= 0.3 is 12.0 Å². The number of barbiturate groups is 1. The van der Waals surface area contributed by atoms with E-state index < -0.39 is 29.7 Å². The minimum absolute atomic E-state index is 0.152. The Morgan fingerprint density at radius 2 is 1.74 bits per heavy atom. The summed E-state index contributed by atoms with van der Waals surface area (Å²) in [5.74, 6) is -2.44. The minimum Gasteiger partial charge on any atom is -0.490 e. The van der Waals surface area contributed by atoms with Crippen LogP contribution in [0.3, 0.4) is 0 Å². The van der Waals surface area contributed by atoms with Crippen LogP contribution in [-0.4, -0.2) is 50.0 Å². The van der Waals surface area contributed by atoms with Crippen molar-refractivity contribution in [2.75, 3.05) is 25.2 Å². The number of hydrogen-bond donors (Lipinski definition) is 2. The summed E-state index contributed by atoms with van der Waals surface area (Å²) in [6, 6.07) is 9.17. The number of carbonyl (C=O) groups is 5. The molecule has 0 bridgehead atoms. The first kappa shape index (κ1) is 24.0. The maximum Gasteiger partial charge on any atom is 0.337 e. The molecule has 11 nitrogen and oxygen atoms in total. The molecule has 2 aromatic carbocycles. The summed E-state index contributed by atoms with van der Waals surface area (Å²) in [4.78, 5) is 61.3. The van der Waals surface area contributed by atoms with Crippen LogP contribution in [0.5, 0.6) is 11.5 Å². The predicted octanol–water partition coefficient (Wildman–Crippen LogP) is 1.40. The van der Waals surface area contributed by atoms with E-state index in [0.29, 0.717) is 5.56 Å². The van der Waals surface area contributed by atoms with Crippen LogP contribution in [0, 0.1) is 0 Å². The summed E-state index contributed by atoms with van der Waals surface area (Å²) >= 11 is 0. The number of amides is 5. The lowest BCUT2D eigenvalue weighted by Crippen LogP contribution is -2.54. The Morgan fingerprint density at radius 1 is 1.03 bits per heavy atom. The summed E-state index contributed by atoms with van der Waals surface area (Å²) in [6.07, 6.45) is 1.29. The standard InChI is InChI=1S/C23H21N3O8/c1-3-33-18-11-13(4-9-17(18)34-12-19(24)27)10-16-20(28)25-23(31)26(21(16)29)15-7-5-14(6-8-15)22(30)32-2/h4-11H,3,12H2,1-2H3,(H2,24,27)(H,25,28,31)/b16-10+. The number of nitrogens with two attached hydrogens (primary N) is 1. The van der Waals surface area contributed by atoms with Gasteiger partial charge in [-0.1, -0.05) is 6.07 Å². The van der Waals surface area contributed by atoms with E-state index in [1.54, 1.807) is 13.0 Å². The smallest absolute Gasteiger partial charge is 0.337 e. The van der Waals surface area contributed by atoms with Gasteiger partial charge in [0, 0.05) is 0 Å². The molecule has 0 radical (unpaired) electrons. The van der Waals surface area contributed by atoms with Gasteiger partial charge in [0.25, 0.3) is 17.7 Å². The molecule has 0 unspecified atom stereocenters. The number of methoxy groups -OCH3 is 1. The fraction of sp³-hybridized carbons (Fsp3) is 0.174. The van der Waals surface area contributed by atoms with Gasteiger partial charge in [0.2, 0.25) is 0 Å². The van der Waals surface area contributed by atoms with Crippen LogP contribution >= 0.6 is 0 Å². The zero-order chi connectivity index (χ0) is 24.8. The number of benzene rings is 2. The Hall–Kier alpha value is -4.67. The lowest BCUT2D eigenvalue weighted by molar-refractivity contribution is -0.123. The van der Waals surface area contributed by atoms with Gasteiger partial charge in [0.15, 0.2) is 18.1 Å². The number of ether oxygens (including phenoxy) is 3. The van der Waals surface area contributed by atoms with Crippen molar-refractivity contribution < 1.29 is 38.2 Å². The van der Waals surface area contributed by atoms with E-state index in [4.69, 9.17) is 15.2 Å². The molecule has 1 heterocycles. The van der Waals surface area contributed by atoms with Crippen LogP contribution in [0.4, 0.5) is 10.5 Å². The molecule has 34 heavy (non-hydrogen) atoms. The second kappa shape index (κ2) is 10.3. The Kier molecular flexibility index (Phi) is 7.26. The lowest BCUT2D eigenvalue weighted by atomic mass is 10.1. The number of anilines is 1. The molecule has 1 aliphatic rings. The van der Waals surface area contributed by atoms with Crippen LogP contribution in [0.25, 0.3) is 6.08 Å². The van der Waals surface area contributed by atoms with Crippen LogP contribution in [0.2, 0.25) is 0 Å². The van der Waals surface area contributed by atoms with Gasteiger partial charge in [0.1, 0.15) is 5.57 Å². The molecule has 11 heteroatoms. The number of nitrogens with one attached hydrogen (secondary N) is 1. The molecule has 3 rings (SSSR count). The summed E-state index contributed by atoms with van der Waals surface area (Å²) in [5.41, 5.74) is 5.58. The third-order valence-corrected chi connectivity index (χ3v) is 4.60. The highest BCUT2D eigenvalue weighted by Crippen LogP contribution is 2.30. The fourth-order valence-corrected chi connectivity index (χ4v) is 3.07. The Morgan fingerprint density at radius 3 is 2.35 bits per heavy atom. The van der Waals surface area contributed by atoms with E-state index in [-0.39, 0.29) is 41.5 Å². The van der Waals surface area contributed by atoms with Crippen molar-refractivity contribution >= 4 is 41.5 Å².